The number of halogens is 2. The van der Waals surface area contributed by atoms with Gasteiger partial charge in [-0.2, -0.15) is 0 Å². The maximum absolute atomic E-state index is 11.8. The van der Waals surface area contributed by atoms with Crippen LogP contribution in [0.1, 0.15) is 5.56 Å². The van der Waals surface area contributed by atoms with Crippen molar-refractivity contribution in [3.8, 4) is 0 Å². The minimum atomic E-state index is -0.561. The average molecular weight is 441 g/mol. The summed E-state index contributed by atoms with van der Waals surface area (Å²) in [7, 11) is 0. The molecule has 0 aliphatic carbocycles. The van der Waals surface area contributed by atoms with Crippen molar-refractivity contribution in [2.24, 2.45) is 0 Å². The SMILES string of the molecule is O=C(CNC(=O)NCc1ccccc1)NNC(=O)CSc1cc(Cl)ccc1Cl. The Bertz CT molecular complexity index is 837. The van der Waals surface area contributed by atoms with Crippen LogP contribution in [-0.2, 0) is 16.1 Å². The van der Waals surface area contributed by atoms with Gasteiger partial charge in [0.2, 0.25) is 5.91 Å². The normalized spacial score (nSPS) is 10.1. The van der Waals surface area contributed by atoms with Crippen molar-refractivity contribution in [3.63, 3.8) is 0 Å². The Morgan fingerprint density at radius 3 is 2.36 bits per heavy atom. The quantitative estimate of drug-likeness (QED) is 0.392. The number of amides is 4. The summed E-state index contributed by atoms with van der Waals surface area (Å²) in [5.74, 6) is -0.956. The number of hydrazine groups is 1. The molecule has 4 N–H and O–H groups in total. The molecule has 10 heteroatoms. The summed E-state index contributed by atoms with van der Waals surface area (Å²) in [5.41, 5.74) is 5.42. The van der Waals surface area contributed by atoms with Crippen LogP contribution < -0.4 is 21.5 Å². The van der Waals surface area contributed by atoms with Gasteiger partial charge in [0.05, 0.1) is 10.8 Å². The van der Waals surface area contributed by atoms with Gasteiger partial charge in [0, 0.05) is 16.5 Å². The average Bonchev–Trinajstić information content (AvgIpc) is 2.70. The molecule has 0 saturated heterocycles. The molecule has 0 fully saturated rings. The van der Waals surface area contributed by atoms with Gasteiger partial charge in [0.15, 0.2) is 0 Å². The summed E-state index contributed by atoms with van der Waals surface area (Å²) in [4.78, 5) is 35.8. The zero-order valence-electron chi connectivity index (χ0n) is 14.6. The molecular formula is C18H18Cl2N4O3S. The molecule has 148 valence electrons. The standard InChI is InChI=1S/C18H18Cl2N4O3S/c19-13-6-7-14(20)15(8-13)28-11-17(26)24-23-16(25)10-22-18(27)21-9-12-4-2-1-3-5-12/h1-8H,9-11H2,(H,23,25)(H,24,26)(H2,21,22,27). The lowest BCUT2D eigenvalue weighted by Gasteiger charge is -2.10. The minimum Gasteiger partial charge on any atom is -0.334 e. The van der Waals surface area contributed by atoms with Crippen molar-refractivity contribution in [1.82, 2.24) is 21.5 Å². The molecule has 0 atom stereocenters. The fourth-order valence-electron chi connectivity index (χ4n) is 1.95. The van der Waals surface area contributed by atoms with Crippen LogP contribution in [0.25, 0.3) is 0 Å². The van der Waals surface area contributed by atoms with Gasteiger partial charge in [0.25, 0.3) is 5.91 Å². The number of hydrogen-bond acceptors (Lipinski definition) is 4. The van der Waals surface area contributed by atoms with Crippen molar-refractivity contribution in [1.29, 1.82) is 0 Å². The molecule has 0 spiro atoms. The second-order valence-electron chi connectivity index (χ2n) is 5.48. The maximum atomic E-state index is 11.8. The van der Waals surface area contributed by atoms with E-state index in [4.69, 9.17) is 23.2 Å². The van der Waals surface area contributed by atoms with E-state index in [0.29, 0.717) is 21.5 Å². The molecule has 7 nitrogen and oxygen atoms in total. The molecule has 4 amide bonds. The van der Waals surface area contributed by atoms with Crippen molar-refractivity contribution >= 4 is 52.8 Å². The molecule has 0 bridgehead atoms. The Balaban J connectivity index is 1.61. The predicted molar refractivity (Wildman–Crippen MR) is 110 cm³/mol. The molecular weight excluding hydrogens is 423 g/mol. The van der Waals surface area contributed by atoms with Crippen molar-refractivity contribution < 1.29 is 14.4 Å². The van der Waals surface area contributed by atoms with E-state index in [1.165, 1.54) is 11.8 Å². The lowest BCUT2D eigenvalue weighted by Crippen LogP contribution is -2.48. The fraction of sp³-hybridized carbons (Fsp3) is 0.167. The summed E-state index contributed by atoms with van der Waals surface area (Å²) in [5, 5.41) is 6.02. The van der Waals surface area contributed by atoms with Crippen LogP contribution in [0.3, 0.4) is 0 Å². The van der Waals surface area contributed by atoms with E-state index < -0.39 is 17.8 Å². The van der Waals surface area contributed by atoms with Crippen molar-refractivity contribution in [2.75, 3.05) is 12.3 Å². The first kappa shape index (κ1) is 21.9. The number of urea groups is 1. The van der Waals surface area contributed by atoms with Crippen LogP contribution in [0, 0.1) is 0 Å². The number of benzene rings is 2. The molecule has 0 aliphatic rings. The topological polar surface area (TPSA) is 99.3 Å². The van der Waals surface area contributed by atoms with Gasteiger partial charge in [-0.1, -0.05) is 53.5 Å². The highest BCUT2D eigenvalue weighted by Gasteiger charge is 2.09. The number of carbonyl (C=O) groups is 3. The molecule has 2 aromatic rings. The Kier molecular flexibility index (Phi) is 8.93. The van der Waals surface area contributed by atoms with Crippen LogP contribution in [0.2, 0.25) is 10.0 Å². The largest absolute Gasteiger partial charge is 0.334 e. The number of nitrogens with one attached hydrogen (secondary N) is 4. The smallest absolute Gasteiger partial charge is 0.315 e. The predicted octanol–water partition coefficient (Wildman–Crippen LogP) is 2.73. The van der Waals surface area contributed by atoms with Crippen LogP contribution in [-0.4, -0.2) is 30.1 Å². The molecule has 0 aromatic heterocycles. The Morgan fingerprint density at radius 1 is 0.893 bits per heavy atom. The molecule has 0 unspecified atom stereocenters. The summed E-state index contributed by atoms with van der Waals surface area (Å²) < 4.78 is 0. The van der Waals surface area contributed by atoms with E-state index in [-0.39, 0.29) is 12.3 Å². The summed E-state index contributed by atoms with van der Waals surface area (Å²) in [6.45, 7) is 0.0580. The molecule has 0 radical (unpaired) electrons. The zero-order valence-corrected chi connectivity index (χ0v) is 17.0. The monoisotopic (exact) mass is 440 g/mol. The van der Waals surface area contributed by atoms with Crippen LogP contribution >= 0.6 is 35.0 Å². The van der Waals surface area contributed by atoms with Gasteiger partial charge in [-0.05, 0) is 23.8 Å². The first-order valence-electron chi connectivity index (χ1n) is 8.15. The van der Waals surface area contributed by atoms with Crippen LogP contribution in [0.5, 0.6) is 0 Å². The third kappa shape index (κ3) is 8.08. The van der Waals surface area contributed by atoms with E-state index in [0.717, 1.165) is 5.56 Å². The molecule has 0 saturated carbocycles. The number of rotatable bonds is 7. The van der Waals surface area contributed by atoms with Crippen molar-refractivity contribution in [2.45, 2.75) is 11.4 Å². The third-order valence-corrected chi connectivity index (χ3v) is 5.03. The summed E-state index contributed by atoms with van der Waals surface area (Å²) >= 11 is 13.1. The van der Waals surface area contributed by atoms with E-state index in [9.17, 15) is 14.4 Å². The lowest BCUT2D eigenvalue weighted by atomic mass is 10.2. The fourth-order valence-corrected chi connectivity index (χ4v) is 3.25. The highest BCUT2D eigenvalue weighted by Crippen LogP contribution is 2.29. The second kappa shape index (κ2) is 11.4. The number of thioether (sulfide) groups is 1. The Morgan fingerprint density at radius 2 is 1.61 bits per heavy atom. The van der Waals surface area contributed by atoms with Gasteiger partial charge in [-0.3, -0.25) is 20.4 Å². The summed E-state index contributed by atoms with van der Waals surface area (Å²) in [6.07, 6.45) is 0. The van der Waals surface area contributed by atoms with Crippen LogP contribution in [0.15, 0.2) is 53.4 Å². The molecule has 2 aromatic carbocycles. The van der Waals surface area contributed by atoms with Gasteiger partial charge < -0.3 is 10.6 Å². The molecule has 28 heavy (non-hydrogen) atoms. The highest BCUT2D eigenvalue weighted by molar-refractivity contribution is 8.00. The van der Waals surface area contributed by atoms with Gasteiger partial charge >= 0.3 is 6.03 Å². The van der Waals surface area contributed by atoms with E-state index in [2.05, 4.69) is 21.5 Å². The van der Waals surface area contributed by atoms with Crippen LogP contribution in [0.4, 0.5) is 4.79 Å². The number of hydrogen-bond donors (Lipinski definition) is 4. The first-order valence-corrected chi connectivity index (χ1v) is 9.89. The third-order valence-electron chi connectivity index (χ3n) is 3.30. The van der Waals surface area contributed by atoms with E-state index >= 15 is 0 Å². The molecule has 0 aliphatic heterocycles. The number of carbonyl (C=O) groups excluding carboxylic acids is 3. The van der Waals surface area contributed by atoms with E-state index in [1.807, 2.05) is 30.3 Å². The van der Waals surface area contributed by atoms with Gasteiger partial charge in [-0.15, -0.1) is 11.8 Å². The summed E-state index contributed by atoms with van der Waals surface area (Å²) in [6, 6.07) is 13.8. The minimum absolute atomic E-state index is 0.0331. The lowest BCUT2D eigenvalue weighted by molar-refractivity contribution is -0.127. The maximum Gasteiger partial charge on any atom is 0.315 e. The Hall–Kier alpha value is -2.42. The zero-order chi connectivity index (χ0) is 20.4. The molecule has 2 rings (SSSR count). The van der Waals surface area contributed by atoms with Crippen molar-refractivity contribution in [3.05, 3.63) is 64.1 Å². The van der Waals surface area contributed by atoms with Gasteiger partial charge in [-0.25, -0.2) is 4.79 Å². The van der Waals surface area contributed by atoms with Gasteiger partial charge in [0.1, 0.15) is 6.54 Å². The van der Waals surface area contributed by atoms with E-state index in [1.54, 1.807) is 18.2 Å². The second-order valence-corrected chi connectivity index (χ2v) is 7.34. The molecule has 0 heterocycles. The first-order chi connectivity index (χ1) is 13.4. The highest BCUT2D eigenvalue weighted by atomic mass is 35.5. The Labute approximate surface area is 176 Å².